The average molecular weight is 399 g/mol. The Morgan fingerprint density at radius 2 is 1.70 bits per heavy atom. The van der Waals surface area contributed by atoms with E-state index in [0.717, 1.165) is 4.90 Å². The van der Waals surface area contributed by atoms with Gasteiger partial charge in [-0.3, -0.25) is 4.79 Å². The number of hydrogen-bond acceptors (Lipinski definition) is 3. The van der Waals surface area contributed by atoms with Gasteiger partial charge in [0.15, 0.2) is 0 Å². The highest BCUT2D eigenvalue weighted by molar-refractivity contribution is 6.43. The van der Waals surface area contributed by atoms with Crippen LogP contribution in [0, 0.1) is 0 Å². The number of benzene rings is 2. The highest BCUT2D eigenvalue weighted by Gasteiger charge is 2.34. The highest BCUT2D eigenvalue weighted by Crippen LogP contribution is 2.34. The summed E-state index contributed by atoms with van der Waals surface area (Å²) in [7, 11) is 0. The molecule has 2 heterocycles. The summed E-state index contributed by atoms with van der Waals surface area (Å²) < 4.78 is 5.75. The van der Waals surface area contributed by atoms with Gasteiger partial charge in [-0.25, -0.2) is 9.69 Å². The van der Waals surface area contributed by atoms with Gasteiger partial charge in [0.1, 0.15) is 17.2 Å². The Bertz CT molecular complexity index is 1070. The Balaban J connectivity index is 1.64. The summed E-state index contributed by atoms with van der Waals surface area (Å²) in [5.41, 5.74) is 1.26. The molecule has 27 heavy (non-hydrogen) atoms. The maximum atomic E-state index is 12.6. The van der Waals surface area contributed by atoms with E-state index < -0.39 is 11.9 Å². The van der Waals surface area contributed by atoms with E-state index >= 15 is 0 Å². The van der Waals surface area contributed by atoms with Crippen molar-refractivity contribution in [2.45, 2.75) is 0 Å². The number of amides is 3. The summed E-state index contributed by atoms with van der Waals surface area (Å²) in [6, 6.07) is 16.8. The SMILES string of the molecule is O=C1NC(=Cc2ccc(-c3cccc(Cl)c3Cl)o2)C(=O)N1c1ccccc1. The van der Waals surface area contributed by atoms with Crippen LogP contribution in [0.2, 0.25) is 10.0 Å². The molecule has 0 atom stereocenters. The van der Waals surface area contributed by atoms with Crippen LogP contribution in [0.1, 0.15) is 5.76 Å². The maximum Gasteiger partial charge on any atom is 0.333 e. The summed E-state index contributed by atoms with van der Waals surface area (Å²) in [4.78, 5) is 25.8. The zero-order valence-corrected chi connectivity index (χ0v) is 15.3. The van der Waals surface area contributed by atoms with Gasteiger partial charge in [-0.2, -0.15) is 0 Å². The first kappa shape index (κ1) is 17.4. The second kappa shape index (κ2) is 6.95. The molecule has 1 aliphatic heterocycles. The normalized spacial score (nSPS) is 15.5. The zero-order valence-electron chi connectivity index (χ0n) is 13.8. The van der Waals surface area contributed by atoms with Crippen molar-refractivity contribution in [2.75, 3.05) is 4.90 Å². The minimum Gasteiger partial charge on any atom is -0.457 e. The smallest absolute Gasteiger partial charge is 0.333 e. The number of furan rings is 1. The largest absolute Gasteiger partial charge is 0.457 e. The van der Waals surface area contributed by atoms with Crippen molar-refractivity contribution in [2.24, 2.45) is 0 Å². The van der Waals surface area contributed by atoms with Crippen LogP contribution < -0.4 is 10.2 Å². The molecule has 3 amide bonds. The lowest BCUT2D eigenvalue weighted by Gasteiger charge is -2.10. The first-order valence-electron chi connectivity index (χ1n) is 8.01. The van der Waals surface area contributed by atoms with Gasteiger partial charge >= 0.3 is 6.03 Å². The minimum atomic E-state index is -0.512. The van der Waals surface area contributed by atoms with Crippen molar-refractivity contribution in [1.29, 1.82) is 0 Å². The number of carbonyl (C=O) groups is 2. The fourth-order valence-electron chi connectivity index (χ4n) is 2.76. The molecule has 0 saturated carbocycles. The van der Waals surface area contributed by atoms with E-state index in [-0.39, 0.29) is 5.70 Å². The summed E-state index contributed by atoms with van der Waals surface area (Å²) >= 11 is 12.2. The Morgan fingerprint density at radius 1 is 0.926 bits per heavy atom. The van der Waals surface area contributed by atoms with Crippen molar-refractivity contribution in [3.05, 3.63) is 82.2 Å². The van der Waals surface area contributed by atoms with Crippen molar-refractivity contribution in [1.82, 2.24) is 5.32 Å². The number of nitrogens with one attached hydrogen (secondary N) is 1. The fourth-order valence-corrected chi connectivity index (χ4v) is 3.15. The van der Waals surface area contributed by atoms with E-state index in [1.54, 1.807) is 54.6 Å². The molecule has 4 rings (SSSR count). The lowest BCUT2D eigenvalue weighted by molar-refractivity contribution is -0.113. The van der Waals surface area contributed by atoms with Crippen LogP contribution in [-0.4, -0.2) is 11.9 Å². The van der Waals surface area contributed by atoms with Crippen molar-refractivity contribution < 1.29 is 14.0 Å². The molecular weight excluding hydrogens is 387 g/mol. The Kier molecular flexibility index (Phi) is 4.48. The summed E-state index contributed by atoms with van der Waals surface area (Å²) in [5.74, 6) is 0.454. The molecular formula is C20H12Cl2N2O3. The number of halogens is 2. The monoisotopic (exact) mass is 398 g/mol. The molecule has 0 spiro atoms. The number of rotatable bonds is 3. The molecule has 7 heteroatoms. The number of urea groups is 1. The lowest BCUT2D eigenvalue weighted by Crippen LogP contribution is -2.30. The average Bonchev–Trinajstić information content (AvgIpc) is 3.23. The molecule has 1 aromatic heterocycles. The highest BCUT2D eigenvalue weighted by atomic mass is 35.5. The maximum absolute atomic E-state index is 12.6. The van der Waals surface area contributed by atoms with E-state index in [4.69, 9.17) is 27.6 Å². The molecule has 1 N–H and O–H groups in total. The molecule has 134 valence electrons. The fraction of sp³-hybridized carbons (Fsp3) is 0. The molecule has 2 aromatic carbocycles. The minimum absolute atomic E-state index is 0.127. The quantitative estimate of drug-likeness (QED) is 0.477. The third kappa shape index (κ3) is 3.23. The molecule has 0 bridgehead atoms. The standard InChI is InChI=1S/C20H12Cl2N2O3/c21-15-8-4-7-14(18(15)22)17-10-9-13(27-17)11-16-19(25)24(20(26)23-16)12-5-2-1-3-6-12/h1-11H,(H,23,26). The predicted octanol–water partition coefficient (Wildman–Crippen LogP) is 5.35. The van der Waals surface area contributed by atoms with Crippen LogP contribution in [0.25, 0.3) is 17.4 Å². The number of anilines is 1. The van der Waals surface area contributed by atoms with Gasteiger partial charge in [-0.1, -0.05) is 47.5 Å². The molecule has 1 aliphatic rings. The van der Waals surface area contributed by atoms with Crippen LogP contribution in [0.3, 0.4) is 0 Å². The molecule has 5 nitrogen and oxygen atoms in total. The first-order chi connectivity index (χ1) is 13.0. The van der Waals surface area contributed by atoms with Crippen LogP contribution in [0.5, 0.6) is 0 Å². The Labute approximate surface area is 164 Å². The molecule has 1 saturated heterocycles. The van der Waals surface area contributed by atoms with E-state index in [9.17, 15) is 9.59 Å². The Hall–Kier alpha value is -3.02. The summed E-state index contributed by atoms with van der Waals surface area (Å²) in [5, 5.41) is 3.36. The third-order valence-electron chi connectivity index (χ3n) is 4.02. The van der Waals surface area contributed by atoms with E-state index in [0.29, 0.717) is 32.8 Å². The van der Waals surface area contributed by atoms with Gasteiger partial charge in [0.2, 0.25) is 0 Å². The van der Waals surface area contributed by atoms with E-state index in [2.05, 4.69) is 5.32 Å². The van der Waals surface area contributed by atoms with Crippen molar-refractivity contribution >= 4 is 46.9 Å². The lowest BCUT2D eigenvalue weighted by atomic mass is 10.2. The molecule has 0 radical (unpaired) electrons. The zero-order chi connectivity index (χ0) is 19.0. The van der Waals surface area contributed by atoms with E-state index in [1.165, 1.54) is 6.08 Å². The molecule has 0 unspecified atom stereocenters. The third-order valence-corrected chi connectivity index (χ3v) is 4.84. The molecule has 0 aliphatic carbocycles. The second-order valence-corrected chi connectivity index (χ2v) is 6.55. The predicted molar refractivity (Wildman–Crippen MR) is 105 cm³/mol. The number of imide groups is 1. The molecule has 1 fully saturated rings. The van der Waals surface area contributed by atoms with E-state index in [1.807, 2.05) is 6.07 Å². The van der Waals surface area contributed by atoms with Crippen molar-refractivity contribution in [3.8, 4) is 11.3 Å². The number of hydrogen-bond donors (Lipinski definition) is 1. The molecule has 3 aromatic rings. The van der Waals surface area contributed by atoms with Crippen LogP contribution in [0.4, 0.5) is 10.5 Å². The van der Waals surface area contributed by atoms with Gasteiger partial charge in [-0.15, -0.1) is 0 Å². The number of para-hydroxylation sites is 1. The Morgan fingerprint density at radius 3 is 2.48 bits per heavy atom. The van der Waals surface area contributed by atoms with Gasteiger partial charge in [0, 0.05) is 11.6 Å². The number of nitrogens with zero attached hydrogens (tertiary/aromatic N) is 1. The van der Waals surface area contributed by atoms with Crippen LogP contribution in [0.15, 0.2) is 70.8 Å². The van der Waals surface area contributed by atoms with Gasteiger partial charge in [0.25, 0.3) is 5.91 Å². The van der Waals surface area contributed by atoms with Crippen LogP contribution >= 0.6 is 23.2 Å². The van der Waals surface area contributed by atoms with Gasteiger partial charge in [0.05, 0.1) is 15.7 Å². The second-order valence-electron chi connectivity index (χ2n) is 5.77. The van der Waals surface area contributed by atoms with Gasteiger partial charge in [-0.05, 0) is 36.4 Å². The summed E-state index contributed by atoms with van der Waals surface area (Å²) in [6.07, 6.45) is 1.48. The topological polar surface area (TPSA) is 62.6 Å². The van der Waals surface area contributed by atoms with Crippen molar-refractivity contribution in [3.63, 3.8) is 0 Å². The number of carbonyl (C=O) groups excluding carboxylic acids is 2. The first-order valence-corrected chi connectivity index (χ1v) is 8.76. The van der Waals surface area contributed by atoms with Gasteiger partial charge < -0.3 is 9.73 Å². The van der Waals surface area contributed by atoms with Crippen LogP contribution in [-0.2, 0) is 4.79 Å². The summed E-state index contributed by atoms with van der Waals surface area (Å²) in [6.45, 7) is 0.